The van der Waals surface area contributed by atoms with Gasteiger partial charge in [0.05, 0.1) is 8.80 Å². The highest BCUT2D eigenvalue weighted by atomic mass is 28.3. The average Bonchev–Trinajstić information content (AvgIpc) is 2.29. The number of benzene rings is 1. The molecule has 0 fully saturated rings. The lowest BCUT2D eigenvalue weighted by Crippen LogP contribution is -2.28. The standard InChI is InChI=1S/C15H20Si/c1-5-11-16(12-6-2)15-9-7-14(8-10-15)13(3)4/h5-10,16H,1-3,11-12H2,4H3. The van der Waals surface area contributed by atoms with Crippen LogP contribution in [0.4, 0.5) is 0 Å². The summed E-state index contributed by atoms with van der Waals surface area (Å²) >= 11 is 0. The Labute approximate surface area is 101 Å². The molecule has 0 bridgehead atoms. The Morgan fingerprint density at radius 1 is 1.12 bits per heavy atom. The molecule has 0 unspecified atom stereocenters. The zero-order chi connectivity index (χ0) is 12.0. The van der Waals surface area contributed by atoms with Crippen LogP contribution in [-0.4, -0.2) is 8.80 Å². The van der Waals surface area contributed by atoms with Gasteiger partial charge in [0.1, 0.15) is 0 Å². The van der Waals surface area contributed by atoms with Crippen LogP contribution in [0, 0.1) is 0 Å². The van der Waals surface area contributed by atoms with Gasteiger partial charge in [0.15, 0.2) is 0 Å². The van der Waals surface area contributed by atoms with Gasteiger partial charge < -0.3 is 0 Å². The summed E-state index contributed by atoms with van der Waals surface area (Å²) in [5.41, 5.74) is 2.35. The van der Waals surface area contributed by atoms with Crippen molar-refractivity contribution in [2.75, 3.05) is 0 Å². The average molecular weight is 228 g/mol. The molecule has 0 nitrogen and oxygen atoms in total. The van der Waals surface area contributed by atoms with E-state index in [1.165, 1.54) is 10.8 Å². The molecule has 0 heterocycles. The normalized spacial score (nSPS) is 10.1. The van der Waals surface area contributed by atoms with Gasteiger partial charge in [-0.3, -0.25) is 0 Å². The summed E-state index contributed by atoms with van der Waals surface area (Å²) in [5.74, 6) is 0. The van der Waals surface area contributed by atoms with Crippen molar-refractivity contribution in [2.45, 2.75) is 19.0 Å². The van der Waals surface area contributed by atoms with Crippen LogP contribution in [0.25, 0.3) is 5.57 Å². The van der Waals surface area contributed by atoms with Crippen molar-refractivity contribution >= 4 is 19.6 Å². The maximum Gasteiger partial charge on any atom is 0.0782 e. The minimum Gasteiger partial charge on any atom is -0.103 e. The molecule has 16 heavy (non-hydrogen) atoms. The third kappa shape index (κ3) is 3.35. The SMILES string of the molecule is C=CC[SiH](CC=C)c1ccc(C(=C)C)cc1. The first kappa shape index (κ1) is 12.7. The van der Waals surface area contributed by atoms with Gasteiger partial charge >= 0.3 is 0 Å². The van der Waals surface area contributed by atoms with E-state index in [0.717, 1.165) is 17.7 Å². The van der Waals surface area contributed by atoms with E-state index in [0.29, 0.717) is 0 Å². The Morgan fingerprint density at radius 3 is 2.00 bits per heavy atom. The van der Waals surface area contributed by atoms with Gasteiger partial charge in [0, 0.05) is 0 Å². The van der Waals surface area contributed by atoms with Crippen LogP contribution in [0.2, 0.25) is 12.1 Å². The summed E-state index contributed by atoms with van der Waals surface area (Å²) in [7, 11) is -0.910. The van der Waals surface area contributed by atoms with Gasteiger partial charge in [-0.1, -0.05) is 53.8 Å². The van der Waals surface area contributed by atoms with Gasteiger partial charge in [-0.2, -0.15) is 0 Å². The predicted octanol–water partition coefficient (Wildman–Crippen LogP) is 3.53. The molecular formula is C15H20Si. The summed E-state index contributed by atoms with van der Waals surface area (Å²) in [6, 6.07) is 11.1. The first-order chi connectivity index (χ1) is 7.69. The molecule has 0 radical (unpaired) electrons. The molecule has 1 aromatic rings. The molecule has 0 saturated heterocycles. The fraction of sp³-hybridized carbons (Fsp3) is 0.200. The maximum atomic E-state index is 3.95. The van der Waals surface area contributed by atoms with E-state index < -0.39 is 8.80 Å². The molecule has 0 aliphatic heterocycles. The van der Waals surface area contributed by atoms with Crippen LogP contribution < -0.4 is 5.19 Å². The monoisotopic (exact) mass is 228 g/mol. The molecule has 0 atom stereocenters. The van der Waals surface area contributed by atoms with Crippen LogP contribution in [0.3, 0.4) is 0 Å². The third-order valence-corrected chi connectivity index (χ3v) is 5.91. The first-order valence-electron chi connectivity index (χ1n) is 5.66. The predicted molar refractivity (Wildman–Crippen MR) is 77.9 cm³/mol. The molecule has 1 aromatic carbocycles. The Bertz CT molecular complexity index is 363. The second-order valence-corrected chi connectivity index (χ2v) is 7.15. The lowest BCUT2D eigenvalue weighted by atomic mass is 10.1. The molecule has 0 aromatic heterocycles. The summed E-state index contributed by atoms with van der Waals surface area (Å²) in [5, 5.41) is 1.49. The zero-order valence-electron chi connectivity index (χ0n) is 10.1. The van der Waals surface area contributed by atoms with Crippen molar-refractivity contribution in [1.29, 1.82) is 0 Å². The third-order valence-electron chi connectivity index (χ3n) is 2.78. The highest BCUT2D eigenvalue weighted by Crippen LogP contribution is 2.10. The Kier molecular flexibility index (Phi) is 5.00. The van der Waals surface area contributed by atoms with Crippen molar-refractivity contribution in [3.63, 3.8) is 0 Å². The van der Waals surface area contributed by atoms with Crippen LogP contribution >= 0.6 is 0 Å². The minimum absolute atomic E-state index is 0.910. The van der Waals surface area contributed by atoms with Crippen molar-refractivity contribution < 1.29 is 0 Å². The van der Waals surface area contributed by atoms with E-state index in [1.54, 1.807) is 0 Å². The summed E-state index contributed by atoms with van der Waals surface area (Å²) in [6.45, 7) is 13.7. The smallest absolute Gasteiger partial charge is 0.0782 e. The van der Waals surface area contributed by atoms with Gasteiger partial charge in [-0.15, -0.1) is 13.2 Å². The van der Waals surface area contributed by atoms with Gasteiger partial charge in [0.25, 0.3) is 0 Å². The molecule has 1 heteroatoms. The largest absolute Gasteiger partial charge is 0.103 e. The van der Waals surface area contributed by atoms with Crippen LogP contribution in [0.1, 0.15) is 12.5 Å². The fourth-order valence-electron chi connectivity index (χ4n) is 1.81. The Hall–Kier alpha value is -1.34. The Morgan fingerprint density at radius 2 is 1.62 bits per heavy atom. The topological polar surface area (TPSA) is 0 Å². The van der Waals surface area contributed by atoms with E-state index in [1.807, 2.05) is 19.1 Å². The highest BCUT2D eigenvalue weighted by molar-refractivity contribution is 6.74. The summed E-state index contributed by atoms with van der Waals surface area (Å²) in [4.78, 5) is 0. The van der Waals surface area contributed by atoms with E-state index in [-0.39, 0.29) is 0 Å². The maximum absolute atomic E-state index is 3.95. The Balaban J connectivity index is 2.88. The zero-order valence-corrected chi connectivity index (χ0v) is 11.2. The van der Waals surface area contributed by atoms with Gasteiger partial charge in [0.2, 0.25) is 0 Å². The summed E-state index contributed by atoms with van der Waals surface area (Å²) < 4.78 is 0. The van der Waals surface area contributed by atoms with Crippen LogP contribution in [-0.2, 0) is 0 Å². The van der Waals surface area contributed by atoms with Crippen molar-refractivity contribution in [2.24, 2.45) is 0 Å². The summed E-state index contributed by atoms with van der Waals surface area (Å²) in [6.07, 6.45) is 4.07. The molecule has 0 amide bonds. The van der Waals surface area contributed by atoms with Gasteiger partial charge in [-0.05, 0) is 24.6 Å². The van der Waals surface area contributed by atoms with E-state index in [2.05, 4.69) is 44.0 Å². The lowest BCUT2D eigenvalue weighted by molar-refractivity contribution is 1.53. The van der Waals surface area contributed by atoms with Gasteiger partial charge in [-0.25, -0.2) is 0 Å². The molecular weight excluding hydrogens is 208 g/mol. The second-order valence-electron chi connectivity index (χ2n) is 4.15. The van der Waals surface area contributed by atoms with Crippen molar-refractivity contribution in [1.82, 2.24) is 0 Å². The fourth-order valence-corrected chi connectivity index (χ4v) is 4.09. The molecule has 0 aliphatic carbocycles. The molecule has 84 valence electrons. The molecule has 0 N–H and O–H groups in total. The number of allylic oxidation sites excluding steroid dienone is 3. The van der Waals surface area contributed by atoms with E-state index in [4.69, 9.17) is 0 Å². The number of hydrogen-bond donors (Lipinski definition) is 0. The molecule has 0 aliphatic rings. The van der Waals surface area contributed by atoms with Crippen molar-refractivity contribution in [3.05, 3.63) is 61.7 Å². The number of hydrogen-bond acceptors (Lipinski definition) is 0. The first-order valence-corrected chi connectivity index (χ1v) is 7.87. The minimum atomic E-state index is -0.910. The van der Waals surface area contributed by atoms with E-state index in [9.17, 15) is 0 Å². The number of rotatable bonds is 6. The van der Waals surface area contributed by atoms with E-state index >= 15 is 0 Å². The molecule has 0 spiro atoms. The lowest BCUT2D eigenvalue weighted by Gasteiger charge is -2.12. The van der Waals surface area contributed by atoms with Crippen LogP contribution in [0.5, 0.6) is 0 Å². The molecule has 0 saturated carbocycles. The quantitative estimate of drug-likeness (QED) is 0.516. The molecule has 1 rings (SSSR count). The second kappa shape index (κ2) is 6.29. The van der Waals surface area contributed by atoms with Crippen molar-refractivity contribution in [3.8, 4) is 0 Å². The van der Waals surface area contributed by atoms with Crippen LogP contribution in [0.15, 0.2) is 56.2 Å². The highest BCUT2D eigenvalue weighted by Gasteiger charge is 2.09.